The molecule has 1 aliphatic rings. The maximum Gasteiger partial charge on any atom is 0.146 e. The van der Waals surface area contributed by atoms with Gasteiger partial charge < -0.3 is 5.73 Å². The average Bonchev–Trinajstić information content (AvgIpc) is 2.42. The van der Waals surface area contributed by atoms with Crippen LogP contribution in [-0.2, 0) is 6.42 Å². The van der Waals surface area contributed by atoms with Gasteiger partial charge in [-0.1, -0.05) is 36.9 Å². The predicted molar refractivity (Wildman–Crippen MR) is 77.4 cm³/mol. The molecule has 1 aliphatic carbocycles. The number of allylic oxidation sites excluding steroid dienone is 1. The molecule has 1 nitrogen and oxygen atoms in total. The Kier molecular flexibility index (Phi) is 2.86. The Balaban J connectivity index is 1.96. The van der Waals surface area contributed by atoms with Gasteiger partial charge in [0, 0.05) is 0 Å². The molecule has 96 valence electrons. The lowest BCUT2D eigenvalue weighted by Crippen LogP contribution is -2.12. The quantitative estimate of drug-likeness (QED) is 0.759. The van der Waals surface area contributed by atoms with Crippen molar-refractivity contribution in [2.24, 2.45) is 0 Å². The SMILES string of the molecule is C=C1CC(c2ccc(N)c(F)c2)Cc2ccccc21. The van der Waals surface area contributed by atoms with E-state index in [0.29, 0.717) is 0 Å². The van der Waals surface area contributed by atoms with E-state index in [1.807, 2.05) is 18.2 Å². The summed E-state index contributed by atoms with van der Waals surface area (Å²) in [6, 6.07) is 13.4. The van der Waals surface area contributed by atoms with Crippen LogP contribution in [0, 0.1) is 5.82 Å². The van der Waals surface area contributed by atoms with Gasteiger partial charge in [0.05, 0.1) is 5.69 Å². The van der Waals surface area contributed by atoms with Crippen molar-refractivity contribution >= 4 is 11.3 Å². The number of benzene rings is 2. The highest BCUT2D eigenvalue weighted by atomic mass is 19.1. The zero-order valence-electron chi connectivity index (χ0n) is 10.7. The highest BCUT2D eigenvalue weighted by Crippen LogP contribution is 2.38. The summed E-state index contributed by atoms with van der Waals surface area (Å²) in [5, 5.41) is 0. The van der Waals surface area contributed by atoms with Crippen LogP contribution in [-0.4, -0.2) is 0 Å². The second-order valence-electron chi connectivity index (χ2n) is 5.15. The maximum absolute atomic E-state index is 13.6. The molecule has 0 heterocycles. The van der Waals surface area contributed by atoms with Crippen LogP contribution in [0.15, 0.2) is 49.0 Å². The number of halogens is 1. The summed E-state index contributed by atoms with van der Waals surface area (Å²) >= 11 is 0. The van der Waals surface area contributed by atoms with Gasteiger partial charge in [0.1, 0.15) is 5.82 Å². The summed E-state index contributed by atoms with van der Waals surface area (Å²) in [5.41, 5.74) is 10.4. The molecule has 0 saturated heterocycles. The fourth-order valence-electron chi connectivity index (χ4n) is 2.82. The third-order valence-electron chi connectivity index (χ3n) is 3.85. The minimum Gasteiger partial charge on any atom is -0.396 e. The Hall–Kier alpha value is -2.09. The average molecular weight is 253 g/mol. The smallest absolute Gasteiger partial charge is 0.146 e. The molecule has 0 fully saturated rings. The van der Waals surface area contributed by atoms with E-state index >= 15 is 0 Å². The van der Waals surface area contributed by atoms with Crippen molar-refractivity contribution in [2.45, 2.75) is 18.8 Å². The van der Waals surface area contributed by atoms with Crippen molar-refractivity contribution in [1.29, 1.82) is 0 Å². The van der Waals surface area contributed by atoms with Crippen LogP contribution >= 0.6 is 0 Å². The molecular weight excluding hydrogens is 237 g/mol. The van der Waals surface area contributed by atoms with Gasteiger partial charge in [0.15, 0.2) is 0 Å². The van der Waals surface area contributed by atoms with E-state index < -0.39 is 0 Å². The standard InChI is InChI=1S/C17H16FN/c1-11-8-14(9-13-4-2-3-5-15(11)13)12-6-7-17(19)16(18)10-12/h2-7,10,14H,1,8-9,19H2. The van der Waals surface area contributed by atoms with Crippen LogP contribution in [0.2, 0.25) is 0 Å². The molecule has 0 aromatic heterocycles. The molecule has 2 aromatic rings. The summed E-state index contributed by atoms with van der Waals surface area (Å²) < 4.78 is 13.6. The minimum atomic E-state index is -0.332. The highest BCUT2D eigenvalue weighted by Gasteiger charge is 2.22. The first-order valence-corrected chi connectivity index (χ1v) is 6.46. The van der Waals surface area contributed by atoms with Crippen molar-refractivity contribution in [3.05, 3.63) is 71.6 Å². The molecule has 2 N–H and O–H groups in total. The van der Waals surface area contributed by atoms with Crippen molar-refractivity contribution in [2.75, 3.05) is 5.73 Å². The van der Waals surface area contributed by atoms with Crippen molar-refractivity contribution < 1.29 is 4.39 Å². The molecular formula is C17H16FN. The van der Waals surface area contributed by atoms with Crippen molar-refractivity contribution in [1.82, 2.24) is 0 Å². The highest BCUT2D eigenvalue weighted by molar-refractivity contribution is 5.69. The van der Waals surface area contributed by atoms with E-state index in [9.17, 15) is 4.39 Å². The van der Waals surface area contributed by atoms with E-state index in [1.54, 1.807) is 12.1 Å². The summed E-state index contributed by atoms with van der Waals surface area (Å²) in [7, 11) is 0. The Morgan fingerprint density at radius 2 is 1.89 bits per heavy atom. The lowest BCUT2D eigenvalue weighted by molar-refractivity contribution is 0.619. The summed E-state index contributed by atoms with van der Waals surface area (Å²) in [6.07, 6.45) is 1.80. The number of nitrogen functional groups attached to an aromatic ring is 1. The van der Waals surface area contributed by atoms with Crippen LogP contribution in [0.4, 0.5) is 10.1 Å². The predicted octanol–water partition coefficient (Wildman–Crippen LogP) is 4.15. The Bertz CT molecular complexity index is 645. The molecule has 0 amide bonds. The molecule has 3 rings (SSSR count). The van der Waals surface area contributed by atoms with Gasteiger partial charge in [0.25, 0.3) is 0 Å². The Labute approximate surface area is 112 Å². The van der Waals surface area contributed by atoms with Gasteiger partial charge >= 0.3 is 0 Å². The number of fused-ring (bicyclic) bond motifs is 1. The third kappa shape index (κ3) is 2.14. The molecule has 1 atom stereocenters. The minimum absolute atomic E-state index is 0.207. The van der Waals surface area contributed by atoms with Gasteiger partial charge in [-0.05, 0) is 53.2 Å². The molecule has 0 saturated carbocycles. The molecule has 0 radical (unpaired) electrons. The Morgan fingerprint density at radius 3 is 2.68 bits per heavy atom. The monoisotopic (exact) mass is 253 g/mol. The first-order chi connectivity index (χ1) is 9.15. The molecule has 2 heteroatoms. The van der Waals surface area contributed by atoms with E-state index in [-0.39, 0.29) is 17.4 Å². The van der Waals surface area contributed by atoms with E-state index in [2.05, 4.69) is 18.7 Å². The summed E-state index contributed by atoms with van der Waals surface area (Å²) in [6.45, 7) is 4.15. The van der Waals surface area contributed by atoms with E-state index in [1.165, 1.54) is 11.1 Å². The second-order valence-corrected chi connectivity index (χ2v) is 5.15. The normalized spacial score (nSPS) is 18.2. The summed E-state index contributed by atoms with van der Waals surface area (Å²) in [5.74, 6) is -0.0422. The van der Waals surface area contributed by atoms with Gasteiger partial charge in [-0.3, -0.25) is 0 Å². The molecule has 19 heavy (non-hydrogen) atoms. The van der Waals surface area contributed by atoms with E-state index in [0.717, 1.165) is 24.0 Å². The number of rotatable bonds is 1. The summed E-state index contributed by atoms with van der Waals surface area (Å²) in [4.78, 5) is 0. The fourth-order valence-corrected chi connectivity index (χ4v) is 2.82. The van der Waals surface area contributed by atoms with Crippen LogP contribution < -0.4 is 5.73 Å². The van der Waals surface area contributed by atoms with Crippen LogP contribution in [0.5, 0.6) is 0 Å². The zero-order chi connectivity index (χ0) is 13.4. The van der Waals surface area contributed by atoms with Crippen molar-refractivity contribution in [3.63, 3.8) is 0 Å². The topological polar surface area (TPSA) is 26.0 Å². The van der Waals surface area contributed by atoms with E-state index in [4.69, 9.17) is 5.73 Å². The molecule has 0 bridgehead atoms. The number of hydrogen-bond donors (Lipinski definition) is 1. The van der Waals surface area contributed by atoms with Crippen LogP contribution in [0.25, 0.3) is 5.57 Å². The number of hydrogen-bond acceptors (Lipinski definition) is 1. The molecule has 2 aromatic carbocycles. The fraction of sp³-hybridized carbons (Fsp3) is 0.176. The van der Waals surface area contributed by atoms with Gasteiger partial charge in [-0.2, -0.15) is 0 Å². The first kappa shape index (κ1) is 12.0. The van der Waals surface area contributed by atoms with Crippen molar-refractivity contribution in [3.8, 4) is 0 Å². The van der Waals surface area contributed by atoms with Crippen LogP contribution in [0.1, 0.15) is 29.0 Å². The van der Waals surface area contributed by atoms with Crippen LogP contribution in [0.3, 0.4) is 0 Å². The van der Waals surface area contributed by atoms with Gasteiger partial charge in [-0.15, -0.1) is 0 Å². The van der Waals surface area contributed by atoms with Gasteiger partial charge in [-0.25, -0.2) is 4.39 Å². The first-order valence-electron chi connectivity index (χ1n) is 6.46. The number of anilines is 1. The maximum atomic E-state index is 13.6. The molecule has 0 aliphatic heterocycles. The Morgan fingerprint density at radius 1 is 1.11 bits per heavy atom. The largest absolute Gasteiger partial charge is 0.396 e. The molecule has 0 spiro atoms. The number of nitrogens with two attached hydrogens (primary N) is 1. The molecule has 1 unspecified atom stereocenters. The zero-order valence-corrected chi connectivity index (χ0v) is 10.7. The second kappa shape index (κ2) is 4.54. The third-order valence-corrected chi connectivity index (χ3v) is 3.85. The lowest BCUT2D eigenvalue weighted by atomic mass is 9.78. The van der Waals surface area contributed by atoms with Gasteiger partial charge in [0.2, 0.25) is 0 Å². The lowest BCUT2D eigenvalue weighted by Gasteiger charge is -2.27.